The number of nitrogens with zero attached hydrogens (tertiary/aromatic N) is 1. The van der Waals surface area contributed by atoms with Crippen LogP contribution in [0.4, 0.5) is 9.18 Å². The molecule has 2 saturated heterocycles. The largest absolute Gasteiger partial charge is 0.445 e. The van der Waals surface area contributed by atoms with Crippen molar-refractivity contribution in [1.29, 1.82) is 0 Å². The number of carbonyl (C=O) groups is 2. The van der Waals surface area contributed by atoms with E-state index in [2.05, 4.69) is 26.7 Å². The van der Waals surface area contributed by atoms with Crippen molar-refractivity contribution in [2.45, 2.75) is 12.1 Å². The molecule has 0 aromatic heterocycles. The molecule has 2 fully saturated rings. The predicted molar refractivity (Wildman–Crippen MR) is 142 cm³/mol. The summed E-state index contributed by atoms with van der Waals surface area (Å²) in [4.78, 5) is 33.5. The molecule has 0 bridgehead atoms. The maximum Gasteiger partial charge on any atom is 0.410 e. The zero-order valence-corrected chi connectivity index (χ0v) is 22.0. The summed E-state index contributed by atoms with van der Waals surface area (Å²) in [5.41, 5.74) is 2.05. The molecule has 0 spiro atoms. The third kappa shape index (κ3) is 4.66. The summed E-state index contributed by atoms with van der Waals surface area (Å²) in [5, 5.41) is 2.81. The molecule has 0 aliphatic carbocycles. The topological polar surface area (TPSA) is 79.9 Å². The van der Waals surface area contributed by atoms with E-state index in [0.717, 1.165) is 5.56 Å². The first kappa shape index (κ1) is 25.5. The van der Waals surface area contributed by atoms with E-state index in [0.29, 0.717) is 10.0 Å². The van der Waals surface area contributed by atoms with Gasteiger partial charge in [-0.05, 0) is 35.9 Å². The van der Waals surface area contributed by atoms with E-state index < -0.39 is 28.8 Å². The lowest BCUT2D eigenvalue weighted by atomic mass is 9.69. The normalized spacial score (nSPS) is 22.4. The Hall–Kier alpha value is -3.18. The zero-order chi connectivity index (χ0) is 26.0. The van der Waals surface area contributed by atoms with Gasteiger partial charge in [-0.1, -0.05) is 76.7 Å². The second-order valence-corrected chi connectivity index (χ2v) is 10.4. The Balaban J connectivity index is 1.48. The van der Waals surface area contributed by atoms with E-state index in [1.165, 1.54) is 11.0 Å². The van der Waals surface area contributed by atoms with E-state index in [4.69, 9.17) is 21.8 Å². The maximum absolute atomic E-state index is 15.3. The Bertz CT molecular complexity index is 1350. The number of fused-ring (bicyclic) bond motifs is 1. The Morgan fingerprint density at radius 3 is 2.51 bits per heavy atom. The maximum atomic E-state index is 15.3. The van der Waals surface area contributed by atoms with Crippen LogP contribution in [0.5, 0.6) is 0 Å². The molecule has 2 aliphatic rings. The number of hydrogen-bond acceptors (Lipinski definition) is 6. The molecule has 2 atom stereocenters. The molecule has 2 heterocycles. The summed E-state index contributed by atoms with van der Waals surface area (Å²) in [6.07, 6.45) is -0.577. The van der Waals surface area contributed by atoms with Crippen LogP contribution in [0.1, 0.15) is 21.5 Å². The highest BCUT2D eigenvalue weighted by molar-refractivity contribution is 9.10. The van der Waals surface area contributed by atoms with Crippen LogP contribution in [-0.2, 0) is 21.7 Å². The molecular formula is C27H23BrFN3O4S. The molecule has 2 amide bonds. The minimum absolute atomic E-state index is 0.00925. The number of thiocarbonyl (C=S) groups is 1. The van der Waals surface area contributed by atoms with Crippen molar-refractivity contribution in [2.75, 3.05) is 19.7 Å². The zero-order valence-electron chi connectivity index (χ0n) is 19.6. The van der Waals surface area contributed by atoms with Gasteiger partial charge in [0.2, 0.25) is 0 Å². The molecular weight excluding hydrogens is 561 g/mol. The van der Waals surface area contributed by atoms with E-state index in [1.807, 2.05) is 30.3 Å². The number of nitrogens with one attached hydrogen (secondary N) is 2. The molecule has 37 heavy (non-hydrogen) atoms. The molecule has 3 aromatic carbocycles. The van der Waals surface area contributed by atoms with Gasteiger partial charge < -0.3 is 15.0 Å². The fourth-order valence-corrected chi connectivity index (χ4v) is 5.66. The average molecular weight is 584 g/mol. The number of halogens is 2. The van der Waals surface area contributed by atoms with Gasteiger partial charge in [0.15, 0.2) is 0 Å². The Morgan fingerprint density at radius 1 is 1.08 bits per heavy atom. The SMILES string of the molecule is O=C(NC(=S)C12CONC1(c1cc(Br)ccc1F)CN(C(=O)OCc1ccccc1)C2)c1ccccc1. The quantitative estimate of drug-likeness (QED) is 0.423. The third-order valence-electron chi connectivity index (χ3n) is 6.82. The van der Waals surface area contributed by atoms with E-state index in [-0.39, 0.29) is 36.9 Å². The molecule has 10 heteroatoms. The Morgan fingerprint density at radius 2 is 1.78 bits per heavy atom. The van der Waals surface area contributed by atoms with Gasteiger partial charge in [0, 0.05) is 28.7 Å². The molecule has 190 valence electrons. The van der Waals surface area contributed by atoms with Crippen LogP contribution in [0, 0.1) is 11.2 Å². The summed E-state index contributed by atoms with van der Waals surface area (Å²) in [7, 11) is 0. The van der Waals surface area contributed by atoms with Crippen LogP contribution in [0.25, 0.3) is 0 Å². The molecule has 2 N–H and O–H groups in total. The first-order chi connectivity index (χ1) is 17.8. The number of likely N-dealkylation sites (tertiary alicyclic amines) is 1. The van der Waals surface area contributed by atoms with Crippen LogP contribution in [-0.4, -0.2) is 41.6 Å². The van der Waals surface area contributed by atoms with E-state index >= 15 is 4.39 Å². The summed E-state index contributed by atoms with van der Waals surface area (Å²) in [6, 6.07) is 22.5. The van der Waals surface area contributed by atoms with Gasteiger partial charge in [0.1, 0.15) is 18.0 Å². The summed E-state index contributed by atoms with van der Waals surface area (Å²) >= 11 is 9.20. The smallest absolute Gasteiger partial charge is 0.410 e. The van der Waals surface area contributed by atoms with Crippen molar-refractivity contribution in [3.63, 3.8) is 0 Å². The second kappa shape index (κ2) is 10.3. The standard InChI is InChI=1S/C27H23BrFN3O4S/c28-20-11-12-22(29)21(13-20)27-16-32(25(34)35-14-18-7-3-1-4-8-18)15-26(27,17-36-31-27)24(37)30-23(33)19-9-5-2-6-10-19/h1-13,31H,14-17H2,(H,30,33,37). The highest BCUT2D eigenvalue weighted by Crippen LogP contribution is 2.52. The van der Waals surface area contributed by atoms with E-state index in [1.54, 1.807) is 42.5 Å². The van der Waals surface area contributed by atoms with Crippen molar-refractivity contribution < 1.29 is 23.6 Å². The Kier molecular flexibility index (Phi) is 7.09. The first-order valence-electron chi connectivity index (χ1n) is 11.6. The lowest BCUT2D eigenvalue weighted by Gasteiger charge is -2.37. The molecule has 7 nitrogen and oxygen atoms in total. The van der Waals surface area contributed by atoms with Crippen LogP contribution >= 0.6 is 28.1 Å². The van der Waals surface area contributed by atoms with Crippen LogP contribution in [0.15, 0.2) is 83.3 Å². The van der Waals surface area contributed by atoms with Gasteiger partial charge in [-0.15, -0.1) is 0 Å². The van der Waals surface area contributed by atoms with Gasteiger partial charge >= 0.3 is 6.09 Å². The minimum Gasteiger partial charge on any atom is -0.445 e. The minimum atomic E-state index is -1.27. The second-order valence-electron chi connectivity index (χ2n) is 9.05. The van der Waals surface area contributed by atoms with Gasteiger partial charge in [-0.3, -0.25) is 9.63 Å². The van der Waals surface area contributed by atoms with Crippen LogP contribution < -0.4 is 10.8 Å². The van der Waals surface area contributed by atoms with Gasteiger partial charge in [0.25, 0.3) is 5.91 Å². The Labute approximate surface area is 227 Å². The van der Waals surface area contributed by atoms with Crippen molar-refractivity contribution in [2.24, 2.45) is 5.41 Å². The number of hydroxylamine groups is 1. The summed E-state index contributed by atoms with van der Waals surface area (Å²) in [5.74, 6) is -0.900. The van der Waals surface area contributed by atoms with Gasteiger partial charge in [-0.25, -0.2) is 9.18 Å². The fourth-order valence-electron chi connectivity index (χ4n) is 4.91. The van der Waals surface area contributed by atoms with Crippen LogP contribution in [0.2, 0.25) is 0 Å². The van der Waals surface area contributed by atoms with Crippen molar-refractivity contribution in [1.82, 2.24) is 15.7 Å². The number of hydrogen-bond donors (Lipinski definition) is 2. The number of ether oxygens (including phenoxy) is 1. The van der Waals surface area contributed by atoms with Gasteiger partial charge in [0.05, 0.1) is 17.0 Å². The van der Waals surface area contributed by atoms with Gasteiger partial charge in [-0.2, -0.15) is 5.48 Å². The molecule has 3 aromatic rings. The molecule has 0 saturated carbocycles. The number of amides is 2. The fraction of sp³-hybridized carbons (Fsp3) is 0.222. The third-order valence-corrected chi connectivity index (χ3v) is 7.81. The molecule has 2 aliphatic heterocycles. The molecule has 0 radical (unpaired) electrons. The van der Waals surface area contributed by atoms with Crippen molar-refractivity contribution >= 4 is 45.1 Å². The highest BCUT2D eigenvalue weighted by atomic mass is 79.9. The van der Waals surface area contributed by atoms with Crippen molar-refractivity contribution in [3.05, 3.63) is 106 Å². The summed E-state index contributed by atoms with van der Waals surface area (Å²) in [6.45, 7) is 0.151. The molecule has 5 rings (SSSR count). The molecule has 2 unspecified atom stereocenters. The van der Waals surface area contributed by atoms with E-state index in [9.17, 15) is 9.59 Å². The number of benzene rings is 3. The summed E-state index contributed by atoms with van der Waals surface area (Å²) < 4.78 is 21.5. The monoisotopic (exact) mass is 583 g/mol. The van der Waals surface area contributed by atoms with Crippen molar-refractivity contribution in [3.8, 4) is 0 Å². The predicted octanol–water partition coefficient (Wildman–Crippen LogP) is 4.71. The highest BCUT2D eigenvalue weighted by Gasteiger charge is 2.67. The van der Waals surface area contributed by atoms with Crippen LogP contribution in [0.3, 0.4) is 0 Å². The first-order valence-corrected chi connectivity index (χ1v) is 12.8. The lowest BCUT2D eigenvalue weighted by Crippen LogP contribution is -2.57. The average Bonchev–Trinajstić information content (AvgIpc) is 3.44. The number of carbonyl (C=O) groups excluding carboxylic acids is 2. The number of rotatable bonds is 5. The lowest BCUT2D eigenvalue weighted by molar-refractivity contribution is 0.0412.